The number of halogens is 1. The van der Waals surface area contributed by atoms with Crippen LogP contribution in [0.25, 0.3) is 0 Å². The van der Waals surface area contributed by atoms with E-state index in [-0.39, 0.29) is 0 Å². The topological polar surface area (TPSA) is 26.3 Å². The molecule has 1 fully saturated rings. The largest absolute Gasteiger partial charge is 0.490 e. The zero-order chi connectivity index (χ0) is 13.1. The van der Waals surface area contributed by atoms with Gasteiger partial charge in [-0.05, 0) is 44.4 Å². The second-order valence-corrected chi connectivity index (χ2v) is 3.80. The molecule has 1 aliphatic carbocycles. The molecule has 0 aliphatic heterocycles. The second kappa shape index (κ2) is 10.2. The zero-order valence-corrected chi connectivity index (χ0v) is 11.5. The van der Waals surface area contributed by atoms with E-state index >= 15 is 0 Å². The van der Waals surface area contributed by atoms with Gasteiger partial charge in [-0.25, -0.2) is 0 Å². The highest BCUT2D eigenvalue weighted by molar-refractivity contribution is 6.30. The molecule has 2 rings (SSSR count). The van der Waals surface area contributed by atoms with E-state index in [9.17, 15) is 0 Å². The Kier molecular flexibility index (Phi) is 9.55. The van der Waals surface area contributed by atoms with Gasteiger partial charge in [-0.1, -0.05) is 31.5 Å². The van der Waals surface area contributed by atoms with Crippen LogP contribution in [0.15, 0.2) is 24.3 Å². The van der Waals surface area contributed by atoms with E-state index in [2.05, 4.69) is 0 Å². The summed E-state index contributed by atoms with van der Waals surface area (Å²) >= 11 is 5.81. The van der Waals surface area contributed by atoms with Crippen LogP contribution in [-0.4, -0.2) is 12.4 Å². The van der Waals surface area contributed by atoms with Gasteiger partial charge in [0, 0.05) is 5.02 Å². The van der Waals surface area contributed by atoms with Crippen LogP contribution in [0.5, 0.6) is 5.75 Å². The minimum Gasteiger partial charge on any atom is -0.490 e. The zero-order valence-electron chi connectivity index (χ0n) is 10.8. The number of carbonyl (C=O) groups is 1. The van der Waals surface area contributed by atoms with Crippen LogP contribution in [0.2, 0.25) is 5.02 Å². The molecule has 2 nitrogen and oxygen atoms in total. The SMILES string of the molecule is CC.CC=O.Clc1cccc(OC2CCC2)c1. The van der Waals surface area contributed by atoms with Crippen molar-refractivity contribution >= 4 is 17.9 Å². The third-order valence-electron chi connectivity index (χ3n) is 2.15. The van der Waals surface area contributed by atoms with Crippen molar-refractivity contribution in [3.05, 3.63) is 29.3 Å². The molecule has 1 saturated carbocycles. The lowest BCUT2D eigenvalue weighted by Gasteiger charge is -2.26. The number of rotatable bonds is 2. The first-order chi connectivity index (χ1) is 8.26. The van der Waals surface area contributed by atoms with Crippen molar-refractivity contribution in [1.29, 1.82) is 0 Å². The lowest BCUT2D eigenvalue weighted by Crippen LogP contribution is -2.24. The molecule has 0 unspecified atom stereocenters. The molecule has 0 radical (unpaired) electrons. The van der Waals surface area contributed by atoms with E-state index in [4.69, 9.17) is 21.1 Å². The van der Waals surface area contributed by atoms with Crippen LogP contribution in [-0.2, 0) is 4.79 Å². The summed E-state index contributed by atoms with van der Waals surface area (Å²) in [7, 11) is 0. The van der Waals surface area contributed by atoms with Gasteiger partial charge < -0.3 is 9.53 Å². The minimum atomic E-state index is 0.434. The van der Waals surface area contributed by atoms with Crippen LogP contribution < -0.4 is 4.74 Å². The fourth-order valence-corrected chi connectivity index (χ4v) is 1.40. The van der Waals surface area contributed by atoms with E-state index in [1.54, 1.807) is 0 Å². The highest BCUT2D eigenvalue weighted by Gasteiger charge is 2.18. The van der Waals surface area contributed by atoms with Gasteiger partial charge in [-0.2, -0.15) is 0 Å². The highest BCUT2D eigenvalue weighted by atomic mass is 35.5. The summed E-state index contributed by atoms with van der Waals surface area (Å²) in [5, 5.41) is 0.742. The van der Waals surface area contributed by atoms with Gasteiger partial charge in [-0.3, -0.25) is 0 Å². The van der Waals surface area contributed by atoms with Gasteiger partial charge in [0.15, 0.2) is 0 Å². The summed E-state index contributed by atoms with van der Waals surface area (Å²) in [6.45, 7) is 5.44. The first-order valence-electron chi connectivity index (χ1n) is 6.08. The summed E-state index contributed by atoms with van der Waals surface area (Å²) in [4.78, 5) is 8.81. The van der Waals surface area contributed by atoms with E-state index in [1.807, 2.05) is 38.1 Å². The Morgan fingerprint density at radius 1 is 1.35 bits per heavy atom. The standard InChI is InChI=1S/C10H11ClO.C2H4O.C2H6/c11-8-3-1-6-10(7-8)12-9-4-2-5-9;1-2-3;1-2/h1,3,6-7,9H,2,4-5H2;2H,1H3;1-2H3. The molecule has 0 aromatic heterocycles. The lowest BCUT2D eigenvalue weighted by atomic mass is 9.96. The number of ether oxygens (including phenoxy) is 1. The molecular weight excluding hydrogens is 236 g/mol. The summed E-state index contributed by atoms with van der Waals surface area (Å²) in [6, 6.07) is 7.58. The van der Waals surface area contributed by atoms with Crippen LogP contribution >= 0.6 is 11.6 Å². The van der Waals surface area contributed by atoms with Gasteiger partial charge in [0.1, 0.15) is 12.0 Å². The lowest BCUT2D eigenvalue weighted by molar-refractivity contribution is -0.106. The van der Waals surface area contributed by atoms with Crippen molar-refractivity contribution in [2.24, 2.45) is 0 Å². The van der Waals surface area contributed by atoms with E-state index < -0.39 is 0 Å². The summed E-state index contributed by atoms with van der Waals surface area (Å²) in [5.74, 6) is 0.896. The Balaban J connectivity index is 0.000000450. The Bertz CT molecular complexity index is 309. The molecule has 1 aliphatic rings. The summed E-state index contributed by atoms with van der Waals surface area (Å²) in [6.07, 6.45) is 4.85. The molecule has 0 spiro atoms. The second-order valence-electron chi connectivity index (χ2n) is 3.36. The molecule has 1 aromatic rings. The van der Waals surface area contributed by atoms with Crippen molar-refractivity contribution in [1.82, 2.24) is 0 Å². The molecule has 0 bridgehead atoms. The normalized spacial score (nSPS) is 13.2. The van der Waals surface area contributed by atoms with Crippen molar-refractivity contribution in [3.63, 3.8) is 0 Å². The maximum absolute atomic E-state index is 8.81. The van der Waals surface area contributed by atoms with Crippen molar-refractivity contribution < 1.29 is 9.53 Å². The van der Waals surface area contributed by atoms with Crippen molar-refractivity contribution in [2.45, 2.75) is 46.1 Å². The molecule has 1 aromatic carbocycles. The maximum Gasteiger partial charge on any atom is 0.121 e. The quantitative estimate of drug-likeness (QED) is 0.728. The van der Waals surface area contributed by atoms with Crippen LogP contribution in [0.3, 0.4) is 0 Å². The molecule has 3 heteroatoms. The minimum absolute atomic E-state index is 0.434. The molecule has 0 heterocycles. The number of carbonyl (C=O) groups excluding carboxylic acids is 1. The molecule has 0 amide bonds. The van der Waals surface area contributed by atoms with E-state index in [0.29, 0.717) is 6.10 Å². The average molecular weight is 257 g/mol. The average Bonchev–Trinajstić information content (AvgIpc) is 2.28. The van der Waals surface area contributed by atoms with Gasteiger partial charge >= 0.3 is 0 Å². The predicted octanol–water partition coefficient (Wildman–Crippen LogP) is 4.50. The predicted molar refractivity (Wildman–Crippen MR) is 72.8 cm³/mol. The smallest absolute Gasteiger partial charge is 0.121 e. The first kappa shape index (κ1) is 16.0. The Labute approximate surface area is 109 Å². The number of benzene rings is 1. The summed E-state index contributed by atoms with van der Waals surface area (Å²) in [5.41, 5.74) is 0. The van der Waals surface area contributed by atoms with Gasteiger partial charge in [0.05, 0.1) is 6.10 Å². The monoisotopic (exact) mass is 256 g/mol. The van der Waals surface area contributed by atoms with Crippen LogP contribution in [0.1, 0.15) is 40.0 Å². The van der Waals surface area contributed by atoms with E-state index in [1.165, 1.54) is 26.2 Å². The van der Waals surface area contributed by atoms with Gasteiger partial charge in [0.25, 0.3) is 0 Å². The third kappa shape index (κ3) is 7.01. The Morgan fingerprint density at radius 2 is 1.94 bits per heavy atom. The molecule has 17 heavy (non-hydrogen) atoms. The molecule has 0 saturated heterocycles. The highest BCUT2D eigenvalue weighted by Crippen LogP contribution is 2.26. The Hall–Kier alpha value is -1.02. The fraction of sp³-hybridized carbons (Fsp3) is 0.500. The van der Waals surface area contributed by atoms with Crippen molar-refractivity contribution in [3.8, 4) is 5.75 Å². The maximum atomic E-state index is 8.81. The van der Waals surface area contributed by atoms with Crippen LogP contribution in [0, 0.1) is 0 Å². The van der Waals surface area contributed by atoms with Crippen LogP contribution in [0.4, 0.5) is 0 Å². The third-order valence-corrected chi connectivity index (χ3v) is 2.39. The van der Waals surface area contributed by atoms with Gasteiger partial charge in [-0.15, -0.1) is 0 Å². The molecule has 0 atom stereocenters. The molecule has 96 valence electrons. The summed E-state index contributed by atoms with van der Waals surface area (Å²) < 4.78 is 5.65. The van der Waals surface area contributed by atoms with Gasteiger partial charge in [0.2, 0.25) is 0 Å². The number of aldehydes is 1. The number of hydrogen-bond donors (Lipinski definition) is 0. The Morgan fingerprint density at radius 3 is 2.35 bits per heavy atom. The fourth-order valence-electron chi connectivity index (χ4n) is 1.22. The van der Waals surface area contributed by atoms with E-state index in [0.717, 1.165) is 17.1 Å². The van der Waals surface area contributed by atoms with Crippen molar-refractivity contribution in [2.75, 3.05) is 0 Å². The number of hydrogen-bond acceptors (Lipinski definition) is 2. The molecular formula is C14H21ClO2. The molecule has 0 N–H and O–H groups in total. The first-order valence-corrected chi connectivity index (χ1v) is 6.46.